The number of benzene rings is 2. The molecule has 2 unspecified atom stereocenters. The Morgan fingerprint density at radius 2 is 1.72 bits per heavy atom. The Hall–Kier alpha value is -2.93. The zero-order chi connectivity index (χ0) is 33.4. The summed E-state index contributed by atoms with van der Waals surface area (Å²) in [7, 11) is 4.31. The second-order valence-electron chi connectivity index (χ2n) is 12.7. The van der Waals surface area contributed by atoms with Crippen molar-refractivity contribution in [3.05, 3.63) is 111 Å². The third kappa shape index (κ3) is 9.37. The Morgan fingerprint density at radius 3 is 2.38 bits per heavy atom. The van der Waals surface area contributed by atoms with Gasteiger partial charge in [-0.2, -0.15) is 0 Å². The fraction of sp³-hybridized carbons (Fsp3) is 0.378. The van der Waals surface area contributed by atoms with Crippen LogP contribution in [0, 0.1) is 0 Å². The van der Waals surface area contributed by atoms with Gasteiger partial charge < -0.3 is 19.9 Å². The summed E-state index contributed by atoms with van der Waals surface area (Å²) >= 11 is 12.1. The first-order valence-electron chi connectivity index (χ1n) is 16.1. The number of hydrogen-bond donors (Lipinski definition) is 1. The first-order chi connectivity index (χ1) is 22.7. The molecule has 6 rings (SSSR count). The summed E-state index contributed by atoms with van der Waals surface area (Å²) in [5, 5.41) is 3.72. The summed E-state index contributed by atoms with van der Waals surface area (Å²) in [5.41, 5.74) is 6.71. The molecule has 47 heavy (non-hydrogen) atoms. The van der Waals surface area contributed by atoms with E-state index in [4.69, 9.17) is 23.2 Å². The molecule has 3 aliphatic rings. The molecule has 3 aromatic rings. The highest BCUT2D eigenvalue weighted by atomic mass is 35.5. The van der Waals surface area contributed by atoms with Crippen LogP contribution in [0.3, 0.4) is 0 Å². The monoisotopic (exact) mass is 694 g/mol. The number of hydrogen-bond acceptors (Lipinski definition) is 5. The van der Waals surface area contributed by atoms with Gasteiger partial charge in [0.05, 0.1) is 10.0 Å². The van der Waals surface area contributed by atoms with Crippen molar-refractivity contribution in [3.63, 3.8) is 0 Å². The van der Waals surface area contributed by atoms with E-state index in [9.17, 15) is 14.0 Å². The first kappa shape index (κ1) is 35.4. The first-order valence-corrected chi connectivity index (χ1v) is 17.9. The topological polar surface area (TPSA) is 65.5 Å². The van der Waals surface area contributed by atoms with Crippen molar-refractivity contribution < 1.29 is 14.0 Å². The normalized spacial score (nSPS) is 18.7. The maximum atomic E-state index is 14.0. The number of amides is 1. The number of nitrogens with zero attached hydrogens (tertiary/aromatic N) is 3. The number of carbonyl (C=O) groups excluding carboxylic acids is 2. The van der Waals surface area contributed by atoms with E-state index in [-0.39, 0.29) is 31.1 Å². The Bertz CT molecular complexity index is 1610. The van der Waals surface area contributed by atoms with Crippen LogP contribution in [0.2, 0.25) is 10.0 Å². The number of aldehydes is 1. The van der Waals surface area contributed by atoms with Crippen molar-refractivity contribution in [1.29, 1.82) is 0 Å². The molecule has 2 aliphatic heterocycles. The minimum Gasteiger partial charge on any atom is -0.326 e. The predicted octanol–water partition coefficient (Wildman–Crippen LogP) is 9.00. The predicted molar refractivity (Wildman–Crippen MR) is 192 cm³/mol. The van der Waals surface area contributed by atoms with Crippen LogP contribution in [0.5, 0.6) is 0 Å². The van der Waals surface area contributed by atoms with Gasteiger partial charge in [-0.05, 0) is 133 Å². The van der Waals surface area contributed by atoms with Crippen LogP contribution >= 0.6 is 31.8 Å². The van der Waals surface area contributed by atoms with Crippen molar-refractivity contribution in [3.8, 4) is 11.1 Å². The van der Waals surface area contributed by atoms with Gasteiger partial charge in [-0.1, -0.05) is 53.5 Å². The lowest BCUT2D eigenvalue weighted by Crippen LogP contribution is -2.47. The quantitative estimate of drug-likeness (QED) is 0.179. The largest absolute Gasteiger partial charge is 0.326 e. The van der Waals surface area contributed by atoms with Gasteiger partial charge in [-0.15, -0.1) is 0 Å². The zero-order valence-electron chi connectivity index (χ0n) is 26.9. The lowest BCUT2D eigenvalue weighted by molar-refractivity contribution is -0.109. The maximum absolute atomic E-state index is 14.0. The van der Waals surface area contributed by atoms with Gasteiger partial charge in [-0.3, -0.25) is 9.78 Å². The lowest BCUT2D eigenvalue weighted by atomic mass is 9.83. The van der Waals surface area contributed by atoms with Crippen molar-refractivity contribution in [2.75, 3.05) is 33.7 Å². The van der Waals surface area contributed by atoms with E-state index in [1.54, 1.807) is 18.2 Å². The summed E-state index contributed by atoms with van der Waals surface area (Å²) in [6, 6.07) is 18.1. The molecule has 2 atom stereocenters. The van der Waals surface area contributed by atoms with Crippen LogP contribution in [0.15, 0.2) is 90.2 Å². The van der Waals surface area contributed by atoms with E-state index >= 15 is 0 Å². The average Bonchev–Trinajstić information content (AvgIpc) is 3.07. The molecule has 248 valence electrons. The van der Waals surface area contributed by atoms with E-state index in [1.807, 2.05) is 30.6 Å². The van der Waals surface area contributed by atoms with Crippen molar-refractivity contribution in [1.82, 2.24) is 20.1 Å². The SMILES string of the molecule is CN(C)Cc1ccc(-c2ccncc2)cc1.O=CC(CCCN1CCC2(CC1)PC(=O)NC1=C2C=C(F)CC1)c1ccc(Cl)c(Cl)c1. The van der Waals surface area contributed by atoms with Crippen LogP contribution in [0.1, 0.15) is 55.6 Å². The molecule has 0 radical (unpaired) electrons. The van der Waals surface area contributed by atoms with Crippen LogP contribution in [-0.4, -0.2) is 65.6 Å². The fourth-order valence-corrected chi connectivity index (χ4v) is 8.35. The molecule has 1 amide bonds. The Morgan fingerprint density at radius 1 is 1.02 bits per heavy atom. The summed E-state index contributed by atoms with van der Waals surface area (Å²) in [5.74, 6) is -0.277. The van der Waals surface area contributed by atoms with Gasteiger partial charge in [0.25, 0.3) is 0 Å². The number of allylic oxidation sites excluding steroid dienone is 4. The van der Waals surface area contributed by atoms with E-state index in [2.05, 4.69) is 58.5 Å². The number of carbonyl (C=O) groups is 2. The van der Waals surface area contributed by atoms with E-state index < -0.39 is 0 Å². The van der Waals surface area contributed by atoms with Crippen LogP contribution in [-0.2, 0) is 11.3 Å². The Labute approximate surface area is 289 Å². The number of pyridine rings is 1. The van der Waals surface area contributed by atoms with Crippen LogP contribution < -0.4 is 5.32 Å². The highest BCUT2D eigenvalue weighted by molar-refractivity contribution is 7.59. The van der Waals surface area contributed by atoms with Gasteiger partial charge in [0.1, 0.15) is 12.1 Å². The van der Waals surface area contributed by atoms with Crippen molar-refractivity contribution in [2.24, 2.45) is 0 Å². The van der Waals surface area contributed by atoms with Gasteiger partial charge in [0.2, 0.25) is 5.65 Å². The van der Waals surface area contributed by atoms with Crippen LogP contribution in [0.4, 0.5) is 9.18 Å². The number of likely N-dealkylation sites (tertiary alicyclic amines) is 1. The molecular weight excluding hydrogens is 653 g/mol. The molecule has 3 heterocycles. The third-order valence-corrected chi connectivity index (χ3v) is 11.4. The molecule has 0 bridgehead atoms. The van der Waals surface area contributed by atoms with Crippen molar-refractivity contribution >= 4 is 43.7 Å². The Balaban J connectivity index is 0.000000227. The van der Waals surface area contributed by atoms with Gasteiger partial charge in [0.15, 0.2) is 0 Å². The molecular formula is C37H42Cl2FN4O2P. The smallest absolute Gasteiger partial charge is 0.242 e. The summed E-state index contributed by atoms with van der Waals surface area (Å²) in [6.45, 7) is 3.64. The van der Waals surface area contributed by atoms with E-state index in [0.717, 1.165) is 75.0 Å². The highest BCUT2D eigenvalue weighted by Crippen LogP contribution is 2.52. The second kappa shape index (κ2) is 16.5. The number of halogens is 3. The fourth-order valence-electron chi connectivity index (χ4n) is 6.56. The number of nitrogens with one attached hydrogen (secondary N) is 1. The molecule has 6 nitrogen and oxygen atoms in total. The van der Waals surface area contributed by atoms with Gasteiger partial charge in [-0.25, -0.2) is 4.39 Å². The summed E-state index contributed by atoms with van der Waals surface area (Å²) < 4.78 is 14.0. The summed E-state index contributed by atoms with van der Waals surface area (Å²) in [4.78, 5) is 32.5. The van der Waals surface area contributed by atoms with Crippen molar-refractivity contribution in [2.45, 2.75) is 56.1 Å². The molecule has 1 spiro atoms. The zero-order valence-corrected chi connectivity index (χ0v) is 29.5. The molecule has 1 aliphatic carbocycles. The third-order valence-electron chi connectivity index (χ3n) is 9.07. The average molecular weight is 696 g/mol. The standard InChI is InChI=1S/C23H26Cl2FN2O2P.C14H16N2/c24-19-5-3-15(12-20(19)25)16(14-29)2-1-9-28-10-7-23(8-11-28)18-13-17(26)4-6-21(18)27-22(30)31-23;1-16(2)11-12-3-5-13(6-4-12)14-7-9-15-10-8-14/h3,5,12-14,16,31H,1-2,4,6-11H2,(H,27,30);3-10H,11H2,1-2H3. The summed E-state index contributed by atoms with van der Waals surface area (Å²) in [6.07, 6.45) is 10.6. The Kier molecular flexibility index (Phi) is 12.4. The minimum absolute atomic E-state index is 0.0799. The lowest BCUT2D eigenvalue weighted by Gasteiger charge is -2.46. The molecule has 0 saturated carbocycles. The molecule has 1 N–H and O–H groups in total. The van der Waals surface area contributed by atoms with Gasteiger partial charge >= 0.3 is 0 Å². The molecule has 1 aromatic heterocycles. The number of aromatic nitrogens is 1. The van der Waals surface area contributed by atoms with E-state index in [1.165, 1.54) is 16.7 Å². The highest BCUT2D eigenvalue weighted by Gasteiger charge is 2.44. The molecule has 10 heteroatoms. The number of piperidine rings is 1. The maximum Gasteiger partial charge on any atom is 0.242 e. The molecule has 1 fully saturated rings. The molecule has 2 aromatic carbocycles. The second-order valence-corrected chi connectivity index (χ2v) is 15.2. The van der Waals surface area contributed by atoms with E-state index in [0.29, 0.717) is 22.9 Å². The minimum atomic E-state index is -0.211. The number of rotatable bonds is 9. The molecule has 1 saturated heterocycles. The van der Waals surface area contributed by atoms with Crippen LogP contribution in [0.25, 0.3) is 11.1 Å². The van der Waals surface area contributed by atoms with Gasteiger partial charge in [0, 0.05) is 42.1 Å². The number of fused-ring (bicyclic) bond motifs is 1.